The molecule has 0 aromatic rings. The summed E-state index contributed by atoms with van der Waals surface area (Å²) in [7, 11) is 4.30. The van der Waals surface area contributed by atoms with Gasteiger partial charge in [-0.3, -0.25) is 4.79 Å². The Bertz CT molecular complexity index is 267. The van der Waals surface area contributed by atoms with Crippen LogP contribution in [0.5, 0.6) is 0 Å². The summed E-state index contributed by atoms with van der Waals surface area (Å²) >= 11 is 0. The second-order valence-electron chi connectivity index (χ2n) is 7.65. The highest BCUT2D eigenvalue weighted by Crippen LogP contribution is 2.12. The molecule has 0 aromatic carbocycles. The average molecular weight is 342 g/mol. The van der Waals surface area contributed by atoms with E-state index >= 15 is 0 Å². The van der Waals surface area contributed by atoms with Gasteiger partial charge in [-0.1, -0.05) is 84.0 Å². The van der Waals surface area contributed by atoms with Gasteiger partial charge < -0.3 is 10.2 Å². The van der Waals surface area contributed by atoms with Gasteiger partial charge in [-0.15, -0.1) is 0 Å². The van der Waals surface area contributed by atoms with E-state index in [-0.39, 0.29) is 5.91 Å². The summed E-state index contributed by atoms with van der Waals surface area (Å²) in [6.45, 7) is 4.24. The molecule has 24 heavy (non-hydrogen) atoms. The molecule has 0 radical (unpaired) electrons. The predicted octanol–water partition coefficient (Wildman–Crippen LogP) is 4.12. The molecule has 0 aromatic heterocycles. The fraction of sp³-hybridized carbons (Fsp3) is 0.952. The molecule has 0 unspecified atom stereocenters. The number of nitrogens with one attached hydrogen (secondary N) is 2. The second kappa shape index (κ2) is 18.8. The first-order valence-corrected chi connectivity index (χ1v) is 10.7. The van der Waals surface area contributed by atoms with E-state index in [0.717, 1.165) is 25.9 Å². The van der Waals surface area contributed by atoms with Gasteiger partial charge in [-0.2, -0.15) is 0 Å². The smallest absolute Gasteiger partial charge is 0.219 e. The van der Waals surface area contributed by atoms with Crippen LogP contribution in [0.4, 0.5) is 0 Å². The maximum absolute atomic E-state index is 11.7. The van der Waals surface area contributed by atoms with Crippen molar-refractivity contribution in [3.63, 3.8) is 0 Å². The van der Waals surface area contributed by atoms with Crippen molar-refractivity contribution in [2.75, 3.05) is 27.2 Å². The first-order valence-electron chi connectivity index (χ1n) is 10.7. The molecule has 0 atom stereocenters. The Morgan fingerprint density at radius 2 is 1.17 bits per heavy atom. The van der Waals surface area contributed by atoms with Gasteiger partial charge in [0.1, 0.15) is 0 Å². The van der Waals surface area contributed by atoms with Crippen molar-refractivity contribution in [2.45, 2.75) is 103 Å². The third-order valence-corrected chi connectivity index (χ3v) is 4.68. The molecule has 0 aliphatic carbocycles. The highest BCUT2D eigenvalue weighted by atomic mass is 16.1. The molecular weight excluding hydrogens is 296 g/mol. The number of carbonyl (C=O) groups excluding carboxylic acids is 1. The number of quaternary nitrogens is 1. The van der Waals surface area contributed by atoms with Gasteiger partial charge in [0.15, 0.2) is 0 Å². The largest absolute Gasteiger partial charge is 0.356 e. The fourth-order valence-electron chi connectivity index (χ4n) is 3.06. The highest BCUT2D eigenvalue weighted by molar-refractivity contribution is 5.75. The molecule has 1 amide bonds. The third-order valence-electron chi connectivity index (χ3n) is 4.68. The lowest BCUT2D eigenvalue weighted by Gasteiger charge is -2.08. The Balaban J connectivity index is 3.12. The average Bonchev–Trinajstić information content (AvgIpc) is 2.55. The van der Waals surface area contributed by atoms with Crippen molar-refractivity contribution in [2.24, 2.45) is 0 Å². The molecule has 0 saturated carbocycles. The van der Waals surface area contributed by atoms with Crippen LogP contribution in [-0.4, -0.2) is 33.1 Å². The Morgan fingerprint density at radius 1 is 0.708 bits per heavy atom. The number of hydrogen-bond acceptors (Lipinski definition) is 1. The molecule has 0 rings (SSSR count). The van der Waals surface area contributed by atoms with Gasteiger partial charge in [-0.05, 0) is 6.42 Å². The Morgan fingerprint density at radius 3 is 1.62 bits per heavy atom. The highest BCUT2D eigenvalue weighted by Gasteiger charge is 2.01. The zero-order valence-electron chi connectivity index (χ0n) is 16.9. The second-order valence-corrected chi connectivity index (χ2v) is 7.65. The summed E-state index contributed by atoms with van der Waals surface area (Å²) in [5.41, 5.74) is 0. The molecule has 3 heteroatoms. The minimum atomic E-state index is 0.242. The lowest BCUT2D eigenvalue weighted by molar-refractivity contribution is -0.858. The van der Waals surface area contributed by atoms with E-state index in [1.54, 1.807) is 0 Å². The van der Waals surface area contributed by atoms with E-state index in [1.165, 1.54) is 81.9 Å². The van der Waals surface area contributed by atoms with Gasteiger partial charge in [0, 0.05) is 19.4 Å². The van der Waals surface area contributed by atoms with Crippen molar-refractivity contribution in [3.05, 3.63) is 0 Å². The van der Waals surface area contributed by atoms with Crippen LogP contribution in [0, 0.1) is 0 Å². The lowest BCUT2D eigenvalue weighted by Crippen LogP contribution is -3.05. The zero-order chi connectivity index (χ0) is 17.9. The molecule has 144 valence electrons. The van der Waals surface area contributed by atoms with Crippen LogP contribution in [0.25, 0.3) is 0 Å². The number of amides is 1. The Kier molecular flexibility index (Phi) is 18.3. The molecule has 0 saturated heterocycles. The van der Waals surface area contributed by atoms with Gasteiger partial charge >= 0.3 is 0 Å². The molecule has 0 spiro atoms. The van der Waals surface area contributed by atoms with Crippen LogP contribution < -0.4 is 10.2 Å². The third kappa shape index (κ3) is 19.5. The molecule has 0 aliphatic rings. The summed E-state index contributed by atoms with van der Waals surface area (Å²) in [6.07, 6.45) is 19.4. The van der Waals surface area contributed by atoms with Gasteiger partial charge in [0.25, 0.3) is 0 Å². The topological polar surface area (TPSA) is 33.5 Å². The van der Waals surface area contributed by atoms with Crippen LogP contribution in [0.15, 0.2) is 0 Å². The zero-order valence-corrected chi connectivity index (χ0v) is 16.9. The molecule has 2 N–H and O–H groups in total. The standard InChI is InChI=1S/C21H44N2O/c1-4-5-6-7-8-9-10-11-12-13-14-15-16-18-21(24)22-19-17-20-23(2)3/h4-20H2,1-3H3,(H,22,24)/p+1. The van der Waals surface area contributed by atoms with Gasteiger partial charge in [-0.25, -0.2) is 0 Å². The van der Waals surface area contributed by atoms with E-state index in [2.05, 4.69) is 26.3 Å². The van der Waals surface area contributed by atoms with Crippen molar-refractivity contribution in [3.8, 4) is 0 Å². The number of rotatable bonds is 18. The molecule has 0 bridgehead atoms. The minimum Gasteiger partial charge on any atom is -0.356 e. The van der Waals surface area contributed by atoms with Crippen molar-refractivity contribution >= 4 is 5.91 Å². The first kappa shape index (κ1) is 23.4. The number of carbonyl (C=O) groups is 1. The monoisotopic (exact) mass is 341 g/mol. The van der Waals surface area contributed by atoms with E-state index in [1.807, 2.05) is 0 Å². The van der Waals surface area contributed by atoms with Crippen LogP contribution in [0.3, 0.4) is 0 Å². The number of hydrogen-bond donors (Lipinski definition) is 2. The molecule has 3 nitrogen and oxygen atoms in total. The first-order chi connectivity index (χ1) is 11.7. The van der Waals surface area contributed by atoms with Crippen molar-refractivity contribution < 1.29 is 9.69 Å². The van der Waals surface area contributed by atoms with Gasteiger partial charge in [0.2, 0.25) is 5.91 Å². The van der Waals surface area contributed by atoms with E-state index in [9.17, 15) is 4.79 Å². The lowest BCUT2D eigenvalue weighted by atomic mass is 10.0. The van der Waals surface area contributed by atoms with Crippen LogP contribution in [0.1, 0.15) is 103 Å². The van der Waals surface area contributed by atoms with E-state index < -0.39 is 0 Å². The Labute approximate surface area is 152 Å². The summed E-state index contributed by atoms with van der Waals surface area (Å²) in [4.78, 5) is 13.1. The van der Waals surface area contributed by atoms with E-state index in [4.69, 9.17) is 0 Å². The van der Waals surface area contributed by atoms with Crippen LogP contribution >= 0.6 is 0 Å². The van der Waals surface area contributed by atoms with Crippen LogP contribution in [-0.2, 0) is 4.79 Å². The summed E-state index contributed by atoms with van der Waals surface area (Å²) < 4.78 is 0. The van der Waals surface area contributed by atoms with Gasteiger partial charge in [0.05, 0.1) is 20.6 Å². The minimum absolute atomic E-state index is 0.242. The van der Waals surface area contributed by atoms with Crippen LogP contribution in [0.2, 0.25) is 0 Å². The number of unbranched alkanes of at least 4 members (excludes halogenated alkanes) is 12. The predicted molar refractivity (Wildman–Crippen MR) is 106 cm³/mol. The molecular formula is C21H45N2O+. The van der Waals surface area contributed by atoms with Crippen molar-refractivity contribution in [1.29, 1.82) is 0 Å². The van der Waals surface area contributed by atoms with Crippen molar-refractivity contribution in [1.82, 2.24) is 5.32 Å². The Hall–Kier alpha value is -0.570. The molecule has 0 heterocycles. The normalized spacial score (nSPS) is 11.2. The molecule has 0 fully saturated rings. The van der Waals surface area contributed by atoms with E-state index in [0.29, 0.717) is 6.42 Å². The maximum Gasteiger partial charge on any atom is 0.219 e. The fourth-order valence-corrected chi connectivity index (χ4v) is 3.06. The quantitative estimate of drug-likeness (QED) is 0.361. The summed E-state index contributed by atoms with van der Waals surface area (Å²) in [5, 5.41) is 3.03. The summed E-state index contributed by atoms with van der Waals surface area (Å²) in [6, 6.07) is 0. The summed E-state index contributed by atoms with van der Waals surface area (Å²) in [5.74, 6) is 0.242. The molecule has 0 aliphatic heterocycles. The SMILES string of the molecule is CCCCCCCCCCCCCCCC(=O)NCCC[NH+](C)C. The maximum atomic E-state index is 11.7.